The molecule has 0 radical (unpaired) electrons. The van der Waals surface area contributed by atoms with E-state index in [9.17, 15) is 9.59 Å². The second kappa shape index (κ2) is 3.34. The number of carboxylic acid groups (broad SMARTS) is 1. The molecule has 1 aliphatic rings. The molecule has 1 fully saturated rings. The average Bonchev–Trinajstić information content (AvgIpc) is 2.04. The number of carbonyl (C=O) groups is 2. The highest BCUT2D eigenvalue weighted by molar-refractivity contribution is 5.74. The van der Waals surface area contributed by atoms with Crippen LogP contribution in [0.25, 0.3) is 0 Å². The molecule has 1 atom stereocenters. The van der Waals surface area contributed by atoms with Crippen LogP contribution in [0.4, 0.5) is 0 Å². The molecular formula is C6H9NO4. The predicted molar refractivity (Wildman–Crippen MR) is 34.8 cm³/mol. The van der Waals surface area contributed by atoms with Gasteiger partial charge in [0.05, 0.1) is 6.61 Å². The molecule has 0 aromatic carbocycles. The quantitative estimate of drug-likeness (QED) is 0.540. The van der Waals surface area contributed by atoms with Gasteiger partial charge in [0, 0.05) is 6.54 Å². The topological polar surface area (TPSA) is 66.8 Å². The van der Waals surface area contributed by atoms with E-state index in [1.165, 1.54) is 0 Å². The van der Waals surface area contributed by atoms with Gasteiger partial charge in [0.25, 0.3) is 0 Å². The highest BCUT2D eigenvalue weighted by atomic mass is 16.5. The summed E-state index contributed by atoms with van der Waals surface area (Å²) in [6.07, 6.45) is 0.113. The molecule has 5 nitrogen and oxygen atoms in total. The van der Waals surface area contributed by atoms with Crippen LogP contribution in [0.15, 0.2) is 0 Å². The second-order valence-corrected chi connectivity index (χ2v) is 2.26. The van der Waals surface area contributed by atoms with Gasteiger partial charge in [0.1, 0.15) is 0 Å². The van der Waals surface area contributed by atoms with E-state index >= 15 is 0 Å². The van der Waals surface area contributed by atoms with Crippen LogP contribution in [0.1, 0.15) is 6.42 Å². The third kappa shape index (κ3) is 1.68. The second-order valence-electron chi connectivity index (χ2n) is 2.26. The van der Waals surface area contributed by atoms with Crippen molar-refractivity contribution >= 4 is 12.4 Å². The summed E-state index contributed by atoms with van der Waals surface area (Å²) in [4.78, 5) is 21.8. The first-order valence-electron chi connectivity index (χ1n) is 3.31. The maximum Gasteiger partial charge on any atom is 0.354 e. The molecule has 1 unspecified atom stereocenters. The van der Waals surface area contributed by atoms with Crippen LogP contribution < -0.4 is 0 Å². The highest BCUT2D eigenvalue weighted by Crippen LogP contribution is 2.07. The lowest BCUT2D eigenvalue weighted by molar-refractivity contribution is -0.174. The molecule has 1 N–H and O–H groups in total. The molecule has 11 heavy (non-hydrogen) atoms. The molecule has 1 rings (SSSR count). The Bertz CT molecular complexity index is 170. The third-order valence-electron chi connectivity index (χ3n) is 1.48. The summed E-state index contributed by atoms with van der Waals surface area (Å²) in [5, 5.41) is 8.51. The molecule has 0 spiro atoms. The maximum atomic E-state index is 10.4. The van der Waals surface area contributed by atoms with Crippen LogP contribution in [0, 0.1) is 0 Å². The van der Waals surface area contributed by atoms with Gasteiger partial charge >= 0.3 is 5.97 Å². The Morgan fingerprint density at radius 1 is 1.73 bits per heavy atom. The molecule has 0 aromatic heterocycles. The van der Waals surface area contributed by atoms with E-state index in [0.29, 0.717) is 26.0 Å². The Kier molecular flexibility index (Phi) is 2.43. The molecule has 1 saturated heterocycles. The first-order valence-corrected chi connectivity index (χ1v) is 3.31. The van der Waals surface area contributed by atoms with E-state index in [0.717, 1.165) is 4.90 Å². The molecule has 1 amide bonds. The Labute approximate surface area is 63.5 Å². The summed E-state index contributed by atoms with van der Waals surface area (Å²) in [5.41, 5.74) is 0. The summed E-state index contributed by atoms with van der Waals surface area (Å²) < 4.78 is 4.84. The summed E-state index contributed by atoms with van der Waals surface area (Å²) >= 11 is 0. The van der Waals surface area contributed by atoms with E-state index in [4.69, 9.17) is 9.84 Å². The fourth-order valence-corrected chi connectivity index (χ4v) is 0.976. The van der Waals surface area contributed by atoms with Crippen molar-refractivity contribution in [3.63, 3.8) is 0 Å². The van der Waals surface area contributed by atoms with E-state index in [2.05, 4.69) is 0 Å². The standard InChI is InChI=1S/C6H9NO4/c8-4-7-2-1-3-11-5(7)6(9)10/h4-5H,1-3H2,(H,9,10). The number of ether oxygens (including phenoxy) is 1. The largest absolute Gasteiger partial charge is 0.478 e. The molecule has 0 aliphatic carbocycles. The molecule has 1 heterocycles. The lowest BCUT2D eigenvalue weighted by atomic mass is 10.3. The van der Waals surface area contributed by atoms with Gasteiger partial charge in [-0.05, 0) is 6.42 Å². The lowest BCUT2D eigenvalue weighted by Gasteiger charge is -2.29. The Hall–Kier alpha value is -1.10. The van der Waals surface area contributed by atoms with E-state index in [-0.39, 0.29) is 0 Å². The van der Waals surface area contributed by atoms with E-state index in [1.54, 1.807) is 0 Å². The highest BCUT2D eigenvalue weighted by Gasteiger charge is 2.27. The van der Waals surface area contributed by atoms with Crippen LogP contribution in [-0.4, -0.2) is 41.8 Å². The van der Waals surface area contributed by atoms with Gasteiger partial charge in [-0.3, -0.25) is 4.79 Å². The van der Waals surface area contributed by atoms with Crippen molar-refractivity contribution < 1.29 is 19.4 Å². The molecule has 5 heteroatoms. The van der Waals surface area contributed by atoms with Gasteiger partial charge in [-0.15, -0.1) is 0 Å². The van der Waals surface area contributed by atoms with Crippen molar-refractivity contribution in [2.75, 3.05) is 13.2 Å². The molecule has 0 bridgehead atoms. The lowest BCUT2D eigenvalue weighted by Crippen LogP contribution is -2.46. The van der Waals surface area contributed by atoms with E-state index in [1.807, 2.05) is 0 Å². The van der Waals surface area contributed by atoms with Crippen LogP contribution in [-0.2, 0) is 14.3 Å². The van der Waals surface area contributed by atoms with Crippen LogP contribution in [0.3, 0.4) is 0 Å². The van der Waals surface area contributed by atoms with Gasteiger partial charge in [-0.25, -0.2) is 4.79 Å². The first-order chi connectivity index (χ1) is 5.25. The normalized spacial score (nSPS) is 24.7. The minimum Gasteiger partial charge on any atom is -0.478 e. The van der Waals surface area contributed by atoms with Gasteiger partial charge in [-0.1, -0.05) is 0 Å². The molecular weight excluding hydrogens is 150 g/mol. The minimum absolute atomic E-state index is 0.404. The number of rotatable bonds is 2. The average molecular weight is 159 g/mol. The molecule has 0 aromatic rings. The zero-order chi connectivity index (χ0) is 8.27. The Morgan fingerprint density at radius 2 is 2.45 bits per heavy atom. The minimum atomic E-state index is -1.11. The van der Waals surface area contributed by atoms with Crippen molar-refractivity contribution in [2.45, 2.75) is 12.6 Å². The zero-order valence-electron chi connectivity index (χ0n) is 5.90. The van der Waals surface area contributed by atoms with Gasteiger partial charge in [-0.2, -0.15) is 0 Å². The summed E-state index contributed by atoms with van der Waals surface area (Å²) in [6, 6.07) is 0. The number of carbonyl (C=O) groups excluding carboxylic acids is 1. The number of aliphatic carboxylic acids is 1. The van der Waals surface area contributed by atoms with Gasteiger partial charge < -0.3 is 14.7 Å². The van der Waals surface area contributed by atoms with Crippen molar-refractivity contribution in [3.8, 4) is 0 Å². The fraction of sp³-hybridized carbons (Fsp3) is 0.667. The summed E-state index contributed by atoms with van der Waals surface area (Å²) in [6.45, 7) is 0.863. The van der Waals surface area contributed by atoms with Crippen LogP contribution >= 0.6 is 0 Å². The monoisotopic (exact) mass is 159 g/mol. The van der Waals surface area contributed by atoms with Gasteiger partial charge in [0.2, 0.25) is 12.6 Å². The number of amides is 1. The summed E-state index contributed by atoms with van der Waals surface area (Å²) in [7, 11) is 0. The molecule has 1 aliphatic heterocycles. The smallest absolute Gasteiger partial charge is 0.354 e. The summed E-state index contributed by atoms with van der Waals surface area (Å²) in [5.74, 6) is -1.11. The predicted octanol–water partition coefficient (Wildman–Crippen LogP) is -0.724. The zero-order valence-corrected chi connectivity index (χ0v) is 5.90. The fourth-order valence-electron chi connectivity index (χ4n) is 0.976. The van der Waals surface area contributed by atoms with Crippen LogP contribution in [0.2, 0.25) is 0 Å². The van der Waals surface area contributed by atoms with E-state index < -0.39 is 12.2 Å². The van der Waals surface area contributed by atoms with Gasteiger partial charge in [0.15, 0.2) is 0 Å². The maximum absolute atomic E-state index is 10.4. The van der Waals surface area contributed by atoms with Crippen molar-refractivity contribution in [3.05, 3.63) is 0 Å². The van der Waals surface area contributed by atoms with Crippen LogP contribution in [0.5, 0.6) is 0 Å². The number of nitrogens with zero attached hydrogens (tertiary/aromatic N) is 1. The first kappa shape index (κ1) is 8.00. The molecule has 62 valence electrons. The number of carboxylic acids is 1. The number of hydrogen-bond acceptors (Lipinski definition) is 3. The van der Waals surface area contributed by atoms with Crippen molar-refractivity contribution in [2.24, 2.45) is 0 Å². The SMILES string of the molecule is O=CN1CCCOC1C(=O)O. The Balaban J connectivity index is 2.58. The van der Waals surface area contributed by atoms with Crippen molar-refractivity contribution in [1.29, 1.82) is 0 Å². The Morgan fingerprint density at radius 3 is 2.91 bits per heavy atom. The number of hydrogen-bond donors (Lipinski definition) is 1. The van der Waals surface area contributed by atoms with Crippen molar-refractivity contribution in [1.82, 2.24) is 4.90 Å². The molecule has 0 saturated carbocycles. The third-order valence-corrected chi connectivity index (χ3v) is 1.48.